The molecule has 0 amide bonds. The highest BCUT2D eigenvalue weighted by Gasteiger charge is 1.97. The lowest BCUT2D eigenvalue weighted by molar-refractivity contribution is 0.557. The van der Waals surface area contributed by atoms with Crippen molar-refractivity contribution in [1.29, 1.82) is 5.26 Å². The molecule has 4 heteroatoms. The van der Waals surface area contributed by atoms with Crippen LogP contribution in [0.15, 0.2) is 33.9 Å². The van der Waals surface area contributed by atoms with Crippen molar-refractivity contribution in [1.82, 2.24) is 5.32 Å². The predicted octanol–water partition coefficient (Wildman–Crippen LogP) is 2.17. The van der Waals surface area contributed by atoms with E-state index in [9.17, 15) is 0 Å². The van der Waals surface area contributed by atoms with Gasteiger partial charge in [0.2, 0.25) is 6.19 Å². The molecule has 0 aliphatic heterocycles. The number of furan rings is 1. The standard InChI is InChI=1S/C11H13N3O/c1-9(2)14-11(13-8-12)6-5-10-4-3-7-15-10/h3-7,9H,1-2H3,(H,13,14). The number of nitrogens with zero attached hydrogens (tertiary/aromatic N) is 2. The molecule has 1 heterocycles. The zero-order chi connectivity index (χ0) is 11.1. The highest BCUT2D eigenvalue weighted by Crippen LogP contribution is 2.02. The van der Waals surface area contributed by atoms with Crippen LogP contribution in [0.5, 0.6) is 0 Å². The summed E-state index contributed by atoms with van der Waals surface area (Å²) in [7, 11) is 0. The van der Waals surface area contributed by atoms with Crippen molar-refractivity contribution in [2.45, 2.75) is 19.9 Å². The number of nitrogens with one attached hydrogen (secondary N) is 1. The molecule has 1 aromatic heterocycles. The number of aliphatic imine (C=N–C) groups is 1. The lowest BCUT2D eigenvalue weighted by Gasteiger charge is -2.07. The molecule has 1 N–H and O–H groups in total. The Morgan fingerprint density at radius 2 is 2.47 bits per heavy atom. The Morgan fingerprint density at radius 1 is 1.67 bits per heavy atom. The van der Waals surface area contributed by atoms with Gasteiger partial charge in [0.15, 0.2) is 0 Å². The summed E-state index contributed by atoms with van der Waals surface area (Å²) in [4.78, 5) is 3.65. The molecular weight excluding hydrogens is 190 g/mol. The van der Waals surface area contributed by atoms with Gasteiger partial charge in [0.1, 0.15) is 11.6 Å². The minimum absolute atomic E-state index is 0.235. The fourth-order valence-electron chi connectivity index (χ4n) is 1.01. The maximum atomic E-state index is 8.47. The average molecular weight is 203 g/mol. The monoisotopic (exact) mass is 203 g/mol. The van der Waals surface area contributed by atoms with E-state index < -0.39 is 0 Å². The molecule has 0 fully saturated rings. The molecule has 0 saturated carbocycles. The average Bonchev–Trinajstić information content (AvgIpc) is 2.66. The lowest BCUT2D eigenvalue weighted by atomic mass is 10.3. The first-order valence-corrected chi connectivity index (χ1v) is 4.67. The SMILES string of the molecule is CC(C)NC(C=Cc1ccco1)=NC#N. The van der Waals surface area contributed by atoms with Gasteiger partial charge < -0.3 is 9.73 Å². The van der Waals surface area contributed by atoms with E-state index in [1.807, 2.05) is 19.9 Å². The number of hydrogen-bond donors (Lipinski definition) is 1. The summed E-state index contributed by atoms with van der Waals surface area (Å²) in [5, 5.41) is 11.5. The van der Waals surface area contributed by atoms with Gasteiger partial charge in [-0.1, -0.05) is 0 Å². The molecule has 0 spiro atoms. The molecular formula is C11H13N3O. The van der Waals surface area contributed by atoms with E-state index in [2.05, 4.69) is 10.3 Å². The van der Waals surface area contributed by atoms with Gasteiger partial charge in [0, 0.05) is 6.04 Å². The molecule has 1 aromatic rings. The fraction of sp³-hybridized carbons (Fsp3) is 0.273. The van der Waals surface area contributed by atoms with Crippen LogP contribution in [0.3, 0.4) is 0 Å². The Kier molecular flexibility index (Phi) is 4.17. The van der Waals surface area contributed by atoms with Crippen LogP contribution in [0.2, 0.25) is 0 Å². The number of nitriles is 1. The van der Waals surface area contributed by atoms with Crippen LogP contribution in [0, 0.1) is 11.5 Å². The lowest BCUT2D eigenvalue weighted by Crippen LogP contribution is -2.28. The van der Waals surface area contributed by atoms with Crippen molar-refractivity contribution in [3.63, 3.8) is 0 Å². The summed E-state index contributed by atoms with van der Waals surface area (Å²) in [6.07, 6.45) is 6.81. The van der Waals surface area contributed by atoms with E-state index in [0.29, 0.717) is 5.84 Å². The van der Waals surface area contributed by atoms with Gasteiger partial charge in [-0.2, -0.15) is 10.3 Å². The smallest absolute Gasteiger partial charge is 0.207 e. The van der Waals surface area contributed by atoms with Gasteiger partial charge in [0.05, 0.1) is 6.26 Å². The molecule has 0 unspecified atom stereocenters. The Balaban J connectivity index is 2.68. The quantitative estimate of drug-likeness (QED) is 0.465. The summed E-state index contributed by atoms with van der Waals surface area (Å²) in [5.41, 5.74) is 0. The van der Waals surface area contributed by atoms with E-state index in [0.717, 1.165) is 5.76 Å². The normalized spacial score (nSPS) is 12.0. The van der Waals surface area contributed by atoms with Crippen LogP contribution >= 0.6 is 0 Å². The molecule has 78 valence electrons. The zero-order valence-corrected chi connectivity index (χ0v) is 8.77. The van der Waals surface area contributed by atoms with Crippen molar-refractivity contribution in [3.05, 3.63) is 30.2 Å². The second-order valence-electron chi connectivity index (χ2n) is 3.24. The first-order chi connectivity index (χ1) is 7.22. The Bertz CT molecular complexity index is 382. The second-order valence-corrected chi connectivity index (χ2v) is 3.24. The third kappa shape index (κ3) is 4.14. The van der Waals surface area contributed by atoms with Gasteiger partial charge in [0.25, 0.3) is 0 Å². The van der Waals surface area contributed by atoms with Crippen LogP contribution in [0.4, 0.5) is 0 Å². The topological polar surface area (TPSA) is 61.3 Å². The van der Waals surface area contributed by atoms with E-state index in [-0.39, 0.29) is 6.04 Å². The van der Waals surface area contributed by atoms with Gasteiger partial charge in [-0.15, -0.1) is 0 Å². The number of amidine groups is 1. The molecule has 0 aliphatic carbocycles. The first-order valence-electron chi connectivity index (χ1n) is 4.67. The fourth-order valence-corrected chi connectivity index (χ4v) is 1.01. The van der Waals surface area contributed by atoms with E-state index in [1.165, 1.54) is 0 Å². The van der Waals surface area contributed by atoms with E-state index in [4.69, 9.17) is 9.68 Å². The molecule has 0 aromatic carbocycles. The van der Waals surface area contributed by atoms with Crippen LogP contribution in [0.25, 0.3) is 6.08 Å². The van der Waals surface area contributed by atoms with Crippen LogP contribution in [-0.2, 0) is 0 Å². The largest absolute Gasteiger partial charge is 0.465 e. The molecule has 0 radical (unpaired) electrons. The van der Waals surface area contributed by atoms with Crippen LogP contribution in [-0.4, -0.2) is 11.9 Å². The molecule has 0 aliphatic rings. The summed E-state index contributed by atoms with van der Waals surface area (Å²) < 4.78 is 5.11. The van der Waals surface area contributed by atoms with Crippen LogP contribution < -0.4 is 5.32 Å². The Morgan fingerprint density at radius 3 is 3.00 bits per heavy atom. The Labute approximate surface area is 88.9 Å². The van der Waals surface area contributed by atoms with Crippen LogP contribution in [0.1, 0.15) is 19.6 Å². The van der Waals surface area contributed by atoms with Gasteiger partial charge in [-0.05, 0) is 38.1 Å². The molecule has 0 saturated heterocycles. The number of rotatable bonds is 3. The third-order valence-corrected chi connectivity index (χ3v) is 1.56. The highest BCUT2D eigenvalue weighted by atomic mass is 16.3. The summed E-state index contributed by atoms with van der Waals surface area (Å²) in [6.45, 7) is 3.96. The van der Waals surface area contributed by atoms with Crippen molar-refractivity contribution < 1.29 is 4.42 Å². The molecule has 1 rings (SSSR count). The summed E-state index contributed by atoms with van der Waals surface area (Å²) >= 11 is 0. The second kappa shape index (κ2) is 5.66. The molecule has 0 bridgehead atoms. The van der Waals surface area contributed by atoms with Gasteiger partial charge in [-0.25, -0.2) is 0 Å². The molecule has 15 heavy (non-hydrogen) atoms. The van der Waals surface area contributed by atoms with E-state index >= 15 is 0 Å². The summed E-state index contributed by atoms with van der Waals surface area (Å²) in [5.74, 6) is 1.26. The molecule has 4 nitrogen and oxygen atoms in total. The van der Waals surface area contributed by atoms with Crippen molar-refractivity contribution in [3.8, 4) is 6.19 Å². The maximum Gasteiger partial charge on any atom is 0.207 e. The molecule has 0 atom stereocenters. The van der Waals surface area contributed by atoms with Crippen molar-refractivity contribution in [2.75, 3.05) is 0 Å². The van der Waals surface area contributed by atoms with Crippen molar-refractivity contribution in [2.24, 2.45) is 4.99 Å². The first kappa shape index (κ1) is 11.1. The predicted molar refractivity (Wildman–Crippen MR) is 59.1 cm³/mol. The zero-order valence-electron chi connectivity index (χ0n) is 8.77. The minimum atomic E-state index is 0.235. The highest BCUT2D eigenvalue weighted by molar-refractivity contribution is 5.96. The maximum absolute atomic E-state index is 8.47. The van der Waals surface area contributed by atoms with Crippen molar-refractivity contribution >= 4 is 11.9 Å². The Hall–Kier alpha value is -2.02. The minimum Gasteiger partial charge on any atom is -0.465 e. The van der Waals surface area contributed by atoms with Gasteiger partial charge >= 0.3 is 0 Å². The van der Waals surface area contributed by atoms with Gasteiger partial charge in [-0.3, -0.25) is 0 Å². The summed E-state index contributed by atoms with van der Waals surface area (Å²) in [6, 6.07) is 3.87. The number of hydrogen-bond acceptors (Lipinski definition) is 3. The van der Waals surface area contributed by atoms with E-state index in [1.54, 1.807) is 30.7 Å². The third-order valence-electron chi connectivity index (χ3n) is 1.56.